The van der Waals surface area contributed by atoms with Crippen LogP contribution in [0.1, 0.15) is 24.4 Å². The maximum atomic E-state index is 4.38. The Balaban J connectivity index is 1.43. The third-order valence-corrected chi connectivity index (χ3v) is 4.27. The fourth-order valence-corrected chi connectivity index (χ4v) is 2.79. The Morgan fingerprint density at radius 2 is 1.81 bits per heavy atom. The Kier molecular flexibility index (Phi) is 4.53. The molecule has 0 saturated heterocycles. The van der Waals surface area contributed by atoms with Gasteiger partial charge in [0.05, 0.1) is 30.3 Å². The molecule has 4 aromatic rings. The third kappa shape index (κ3) is 3.38. The molecule has 2 aromatic heterocycles. The van der Waals surface area contributed by atoms with E-state index in [9.17, 15) is 0 Å². The molecule has 0 saturated carbocycles. The zero-order valence-electron chi connectivity index (χ0n) is 14.4. The minimum atomic E-state index is 0.181. The lowest BCUT2D eigenvalue weighted by Crippen LogP contribution is -2.20. The van der Waals surface area contributed by atoms with Gasteiger partial charge in [0, 0.05) is 6.04 Å². The lowest BCUT2D eigenvalue weighted by molar-refractivity contribution is 0.550. The van der Waals surface area contributed by atoms with E-state index in [1.165, 1.54) is 5.56 Å². The SMILES string of the molecule is C[C@H](NCc1ncnn1-c1ccccc1)c1ccc(-n2ccnn2)cc1. The third-order valence-electron chi connectivity index (χ3n) is 4.27. The molecule has 7 heteroatoms. The summed E-state index contributed by atoms with van der Waals surface area (Å²) in [7, 11) is 0. The largest absolute Gasteiger partial charge is 0.303 e. The first kappa shape index (κ1) is 16.2. The predicted octanol–water partition coefficient (Wildman–Crippen LogP) is 2.70. The van der Waals surface area contributed by atoms with E-state index in [0.29, 0.717) is 6.54 Å². The van der Waals surface area contributed by atoms with Crippen LogP contribution in [0, 0.1) is 0 Å². The number of rotatable bonds is 6. The van der Waals surface area contributed by atoms with Gasteiger partial charge in [0.2, 0.25) is 0 Å². The van der Waals surface area contributed by atoms with Crippen molar-refractivity contribution < 1.29 is 0 Å². The van der Waals surface area contributed by atoms with Gasteiger partial charge in [-0.2, -0.15) is 5.10 Å². The van der Waals surface area contributed by atoms with Crippen molar-refractivity contribution in [1.82, 2.24) is 35.1 Å². The van der Waals surface area contributed by atoms with Crippen LogP contribution in [0.15, 0.2) is 73.3 Å². The summed E-state index contributed by atoms with van der Waals surface area (Å²) in [5.41, 5.74) is 3.19. The molecule has 26 heavy (non-hydrogen) atoms. The second kappa shape index (κ2) is 7.28. The molecule has 130 valence electrons. The molecule has 7 nitrogen and oxygen atoms in total. The molecule has 1 N–H and O–H groups in total. The summed E-state index contributed by atoms with van der Waals surface area (Å²) in [6.07, 6.45) is 5.08. The van der Waals surface area contributed by atoms with Gasteiger partial charge in [0.1, 0.15) is 12.2 Å². The van der Waals surface area contributed by atoms with Crippen LogP contribution in [-0.2, 0) is 6.54 Å². The molecule has 0 aliphatic carbocycles. The van der Waals surface area contributed by atoms with Crippen molar-refractivity contribution >= 4 is 0 Å². The van der Waals surface area contributed by atoms with E-state index in [0.717, 1.165) is 17.2 Å². The van der Waals surface area contributed by atoms with E-state index in [1.54, 1.807) is 17.2 Å². The molecule has 2 heterocycles. The number of para-hydroxylation sites is 1. The van der Waals surface area contributed by atoms with E-state index in [4.69, 9.17) is 0 Å². The molecule has 0 bridgehead atoms. The highest BCUT2D eigenvalue weighted by atomic mass is 15.4. The molecular weight excluding hydrogens is 326 g/mol. The summed E-state index contributed by atoms with van der Waals surface area (Å²) >= 11 is 0. The van der Waals surface area contributed by atoms with Crippen LogP contribution in [0.3, 0.4) is 0 Å². The van der Waals surface area contributed by atoms with Gasteiger partial charge in [-0.15, -0.1) is 5.10 Å². The molecule has 0 aliphatic rings. The van der Waals surface area contributed by atoms with Crippen molar-refractivity contribution in [3.05, 3.63) is 84.7 Å². The van der Waals surface area contributed by atoms with Gasteiger partial charge in [-0.3, -0.25) is 0 Å². The van der Waals surface area contributed by atoms with Gasteiger partial charge in [-0.05, 0) is 36.8 Å². The van der Waals surface area contributed by atoms with Gasteiger partial charge >= 0.3 is 0 Å². The Morgan fingerprint density at radius 1 is 1.00 bits per heavy atom. The van der Waals surface area contributed by atoms with E-state index >= 15 is 0 Å². The maximum Gasteiger partial charge on any atom is 0.146 e. The Morgan fingerprint density at radius 3 is 2.54 bits per heavy atom. The zero-order valence-corrected chi connectivity index (χ0v) is 14.4. The van der Waals surface area contributed by atoms with E-state index in [1.807, 2.05) is 53.3 Å². The number of nitrogens with one attached hydrogen (secondary N) is 1. The summed E-state index contributed by atoms with van der Waals surface area (Å²) in [6.45, 7) is 2.76. The molecule has 2 aromatic carbocycles. The van der Waals surface area contributed by atoms with Crippen LogP contribution in [-0.4, -0.2) is 29.8 Å². The van der Waals surface area contributed by atoms with Crippen LogP contribution in [0.4, 0.5) is 0 Å². The van der Waals surface area contributed by atoms with Crippen LogP contribution in [0.5, 0.6) is 0 Å². The van der Waals surface area contributed by atoms with Gasteiger partial charge in [-0.1, -0.05) is 35.5 Å². The number of nitrogens with zero attached hydrogens (tertiary/aromatic N) is 6. The predicted molar refractivity (Wildman–Crippen MR) is 98.0 cm³/mol. The first-order valence-corrected chi connectivity index (χ1v) is 8.45. The monoisotopic (exact) mass is 345 g/mol. The zero-order chi connectivity index (χ0) is 17.8. The normalized spacial score (nSPS) is 12.2. The fraction of sp³-hybridized carbons (Fsp3) is 0.158. The molecule has 0 fully saturated rings. The topological polar surface area (TPSA) is 73.5 Å². The van der Waals surface area contributed by atoms with Gasteiger partial charge in [0.25, 0.3) is 0 Å². The quantitative estimate of drug-likeness (QED) is 0.582. The maximum absolute atomic E-state index is 4.38. The van der Waals surface area contributed by atoms with Crippen LogP contribution < -0.4 is 5.32 Å². The molecule has 0 unspecified atom stereocenters. The van der Waals surface area contributed by atoms with E-state index in [-0.39, 0.29) is 6.04 Å². The average Bonchev–Trinajstić information content (AvgIpc) is 3.39. The highest BCUT2D eigenvalue weighted by Gasteiger charge is 2.10. The van der Waals surface area contributed by atoms with Gasteiger partial charge < -0.3 is 5.32 Å². The highest BCUT2D eigenvalue weighted by molar-refractivity contribution is 5.34. The molecule has 0 spiro atoms. The first-order chi connectivity index (χ1) is 12.8. The number of hydrogen-bond acceptors (Lipinski definition) is 5. The molecule has 0 aliphatic heterocycles. The lowest BCUT2D eigenvalue weighted by atomic mass is 10.1. The standard InChI is InChI=1S/C19H19N7/c1-15(16-7-9-17(10-8-16)25-12-11-22-24-25)20-13-19-21-14-23-26(19)18-5-3-2-4-6-18/h2-12,14-15,20H,13H2,1H3/t15-/m0/s1. The second-order valence-electron chi connectivity index (χ2n) is 5.97. The number of hydrogen-bond donors (Lipinski definition) is 1. The van der Waals surface area contributed by atoms with Crippen LogP contribution in [0.25, 0.3) is 11.4 Å². The molecular formula is C19H19N7. The Labute approximate surface area is 151 Å². The summed E-state index contributed by atoms with van der Waals surface area (Å²) in [5, 5.41) is 15.7. The highest BCUT2D eigenvalue weighted by Crippen LogP contribution is 2.16. The van der Waals surface area contributed by atoms with Crippen molar-refractivity contribution in [3.8, 4) is 11.4 Å². The molecule has 1 atom stereocenters. The van der Waals surface area contributed by atoms with E-state index in [2.05, 4.69) is 44.8 Å². The summed E-state index contributed by atoms with van der Waals surface area (Å²) < 4.78 is 3.59. The Bertz CT molecular complexity index is 943. The number of aromatic nitrogens is 6. The Hall–Kier alpha value is -3.32. The fourth-order valence-electron chi connectivity index (χ4n) is 2.79. The first-order valence-electron chi connectivity index (χ1n) is 8.45. The van der Waals surface area contributed by atoms with E-state index < -0.39 is 0 Å². The van der Waals surface area contributed by atoms with Crippen LogP contribution >= 0.6 is 0 Å². The van der Waals surface area contributed by atoms with Crippen molar-refractivity contribution in [1.29, 1.82) is 0 Å². The van der Waals surface area contributed by atoms with Gasteiger partial charge in [0.15, 0.2) is 0 Å². The molecule has 0 radical (unpaired) electrons. The van der Waals surface area contributed by atoms with Crippen LogP contribution in [0.2, 0.25) is 0 Å². The summed E-state index contributed by atoms with van der Waals surface area (Å²) in [5.74, 6) is 0.877. The van der Waals surface area contributed by atoms with Crippen molar-refractivity contribution in [3.63, 3.8) is 0 Å². The average molecular weight is 345 g/mol. The number of benzene rings is 2. The van der Waals surface area contributed by atoms with Crippen molar-refractivity contribution in [2.75, 3.05) is 0 Å². The second-order valence-corrected chi connectivity index (χ2v) is 5.97. The minimum absolute atomic E-state index is 0.181. The summed E-state index contributed by atoms with van der Waals surface area (Å²) in [4.78, 5) is 4.38. The van der Waals surface area contributed by atoms with Crippen molar-refractivity contribution in [2.24, 2.45) is 0 Å². The minimum Gasteiger partial charge on any atom is -0.303 e. The van der Waals surface area contributed by atoms with Gasteiger partial charge in [-0.25, -0.2) is 14.3 Å². The smallest absolute Gasteiger partial charge is 0.146 e. The lowest BCUT2D eigenvalue weighted by Gasteiger charge is -2.15. The summed E-state index contributed by atoms with van der Waals surface area (Å²) in [6, 6.07) is 18.5. The molecule has 0 amide bonds. The van der Waals surface area contributed by atoms with Crippen molar-refractivity contribution in [2.45, 2.75) is 19.5 Å². The molecule has 4 rings (SSSR count).